The van der Waals surface area contributed by atoms with Crippen LogP contribution in [0.25, 0.3) is 0 Å². The van der Waals surface area contributed by atoms with Crippen LogP contribution in [0.3, 0.4) is 0 Å². The molecule has 0 saturated heterocycles. The second-order valence-corrected chi connectivity index (χ2v) is 6.37. The van der Waals surface area contributed by atoms with Crippen molar-refractivity contribution in [3.8, 4) is 5.75 Å². The van der Waals surface area contributed by atoms with Crippen LogP contribution in [-0.4, -0.2) is 29.3 Å². The average molecular weight is 385 g/mol. The van der Waals surface area contributed by atoms with Crippen molar-refractivity contribution >= 4 is 29.0 Å². The van der Waals surface area contributed by atoms with Crippen LogP contribution in [0.1, 0.15) is 12.0 Å². The molecule has 6 nitrogen and oxygen atoms in total. The van der Waals surface area contributed by atoms with Gasteiger partial charge in [-0.1, -0.05) is 41.9 Å². The van der Waals surface area contributed by atoms with E-state index >= 15 is 0 Å². The highest BCUT2D eigenvalue weighted by molar-refractivity contribution is 6.30. The van der Waals surface area contributed by atoms with Crippen LogP contribution in [-0.2, 0) is 11.3 Å². The average Bonchev–Trinajstić information content (AvgIpc) is 3.09. The number of aromatic nitrogens is 2. The Labute approximate surface area is 163 Å². The molecule has 3 rings (SSSR count). The Bertz CT molecular complexity index is 896. The molecule has 0 radical (unpaired) electrons. The summed E-state index contributed by atoms with van der Waals surface area (Å²) in [6, 6.07) is 17.1. The van der Waals surface area contributed by atoms with E-state index in [9.17, 15) is 4.79 Å². The smallest absolute Gasteiger partial charge is 0.227 e. The number of rotatable bonds is 8. The Morgan fingerprint density at radius 2 is 2.00 bits per heavy atom. The molecule has 1 heterocycles. The van der Waals surface area contributed by atoms with Gasteiger partial charge in [0.15, 0.2) is 0 Å². The molecule has 0 aliphatic heterocycles. The molecule has 1 aromatic heterocycles. The standard InChI is InChI=1S/C20H21ClN4O2/c1-27-18-8-7-16(21)13-17(18)22-11-10-20(26)24-19-9-12-23-25(19)14-15-5-3-2-4-6-15/h2-9,12-13,22H,10-11,14H2,1H3,(H,24,26). The van der Waals surface area contributed by atoms with E-state index in [0.29, 0.717) is 36.1 Å². The zero-order valence-electron chi connectivity index (χ0n) is 15.0. The number of halogens is 1. The van der Waals surface area contributed by atoms with Crippen molar-refractivity contribution in [3.63, 3.8) is 0 Å². The molecule has 140 valence electrons. The highest BCUT2D eigenvalue weighted by Gasteiger charge is 2.09. The number of nitrogens with zero attached hydrogens (tertiary/aromatic N) is 2. The normalized spacial score (nSPS) is 10.4. The molecule has 0 aliphatic carbocycles. The molecule has 3 aromatic rings. The second kappa shape index (κ2) is 9.09. The summed E-state index contributed by atoms with van der Waals surface area (Å²) < 4.78 is 7.05. The van der Waals surface area contributed by atoms with Crippen LogP contribution in [0, 0.1) is 0 Å². The number of carbonyl (C=O) groups is 1. The third-order valence-corrected chi connectivity index (χ3v) is 4.22. The van der Waals surface area contributed by atoms with Crippen LogP contribution >= 0.6 is 11.6 Å². The molecular formula is C20H21ClN4O2. The molecule has 2 aromatic carbocycles. The van der Waals surface area contributed by atoms with Gasteiger partial charge in [0.25, 0.3) is 0 Å². The zero-order chi connectivity index (χ0) is 19.1. The predicted octanol–water partition coefficient (Wildman–Crippen LogP) is 4.03. The maximum Gasteiger partial charge on any atom is 0.227 e. The van der Waals surface area contributed by atoms with Gasteiger partial charge in [-0.25, -0.2) is 4.68 Å². The van der Waals surface area contributed by atoms with Crippen molar-refractivity contribution in [1.82, 2.24) is 9.78 Å². The van der Waals surface area contributed by atoms with Crippen LogP contribution < -0.4 is 15.4 Å². The summed E-state index contributed by atoms with van der Waals surface area (Å²) in [6.07, 6.45) is 1.97. The quantitative estimate of drug-likeness (QED) is 0.615. The van der Waals surface area contributed by atoms with Crippen molar-refractivity contribution < 1.29 is 9.53 Å². The molecule has 0 aliphatic rings. The highest BCUT2D eigenvalue weighted by Crippen LogP contribution is 2.27. The lowest BCUT2D eigenvalue weighted by molar-refractivity contribution is -0.116. The third-order valence-electron chi connectivity index (χ3n) is 3.99. The molecule has 0 atom stereocenters. The number of hydrogen-bond acceptors (Lipinski definition) is 4. The van der Waals surface area contributed by atoms with E-state index < -0.39 is 0 Å². The van der Waals surface area contributed by atoms with E-state index in [0.717, 1.165) is 11.3 Å². The van der Waals surface area contributed by atoms with Gasteiger partial charge in [0, 0.05) is 24.1 Å². The molecule has 0 bridgehead atoms. The minimum absolute atomic E-state index is 0.0988. The number of carbonyl (C=O) groups excluding carboxylic acids is 1. The lowest BCUT2D eigenvalue weighted by Gasteiger charge is -2.12. The van der Waals surface area contributed by atoms with Crippen molar-refractivity contribution in [3.05, 3.63) is 71.4 Å². The van der Waals surface area contributed by atoms with Crippen molar-refractivity contribution in [1.29, 1.82) is 0 Å². The van der Waals surface area contributed by atoms with Gasteiger partial charge in [0.05, 0.1) is 25.5 Å². The van der Waals surface area contributed by atoms with Gasteiger partial charge < -0.3 is 15.4 Å². The second-order valence-electron chi connectivity index (χ2n) is 5.93. The van der Waals surface area contributed by atoms with Gasteiger partial charge in [-0.3, -0.25) is 4.79 Å². The summed E-state index contributed by atoms with van der Waals surface area (Å²) in [4.78, 5) is 12.3. The highest BCUT2D eigenvalue weighted by atomic mass is 35.5. The molecule has 0 saturated carbocycles. The van der Waals surface area contributed by atoms with Gasteiger partial charge in [-0.2, -0.15) is 5.10 Å². The minimum Gasteiger partial charge on any atom is -0.495 e. The first-order valence-electron chi connectivity index (χ1n) is 8.58. The van der Waals surface area contributed by atoms with E-state index in [2.05, 4.69) is 15.7 Å². The molecule has 0 spiro atoms. The Morgan fingerprint density at radius 1 is 1.19 bits per heavy atom. The zero-order valence-corrected chi connectivity index (χ0v) is 15.7. The van der Waals surface area contributed by atoms with Gasteiger partial charge >= 0.3 is 0 Å². The van der Waals surface area contributed by atoms with Crippen LogP contribution in [0.15, 0.2) is 60.8 Å². The fraction of sp³-hybridized carbons (Fsp3) is 0.200. The van der Waals surface area contributed by atoms with Crippen molar-refractivity contribution in [2.45, 2.75) is 13.0 Å². The van der Waals surface area contributed by atoms with E-state index in [4.69, 9.17) is 16.3 Å². The Morgan fingerprint density at radius 3 is 2.78 bits per heavy atom. The Hall–Kier alpha value is -2.99. The first kappa shape index (κ1) is 18.8. The number of nitrogens with one attached hydrogen (secondary N) is 2. The molecule has 7 heteroatoms. The summed E-state index contributed by atoms with van der Waals surface area (Å²) in [5.41, 5.74) is 1.87. The van der Waals surface area contributed by atoms with Gasteiger partial charge in [-0.05, 0) is 23.8 Å². The maximum absolute atomic E-state index is 12.3. The molecule has 0 fully saturated rings. The largest absolute Gasteiger partial charge is 0.495 e. The molecule has 1 amide bonds. The first-order valence-corrected chi connectivity index (χ1v) is 8.96. The summed E-state index contributed by atoms with van der Waals surface area (Å²) in [6.45, 7) is 1.05. The van der Waals surface area contributed by atoms with Crippen LogP contribution in [0.5, 0.6) is 5.75 Å². The number of benzene rings is 2. The lowest BCUT2D eigenvalue weighted by Crippen LogP contribution is -2.19. The molecular weight excluding hydrogens is 364 g/mol. The summed E-state index contributed by atoms with van der Waals surface area (Å²) in [7, 11) is 1.59. The minimum atomic E-state index is -0.0988. The first-order chi connectivity index (χ1) is 13.2. The Kier molecular flexibility index (Phi) is 6.33. The van der Waals surface area contributed by atoms with E-state index in [1.165, 1.54) is 0 Å². The van der Waals surface area contributed by atoms with Crippen LogP contribution in [0.4, 0.5) is 11.5 Å². The van der Waals surface area contributed by atoms with Gasteiger partial charge in [0.2, 0.25) is 5.91 Å². The fourth-order valence-electron chi connectivity index (χ4n) is 2.66. The van der Waals surface area contributed by atoms with Gasteiger partial charge in [0.1, 0.15) is 11.6 Å². The fourth-order valence-corrected chi connectivity index (χ4v) is 2.83. The summed E-state index contributed by atoms with van der Waals surface area (Å²) >= 11 is 6.01. The Balaban J connectivity index is 1.53. The number of amides is 1. The van der Waals surface area contributed by atoms with Crippen molar-refractivity contribution in [2.24, 2.45) is 0 Å². The van der Waals surface area contributed by atoms with Gasteiger partial charge in [-0.15, -0.1) is 0 Å². The number of ether oxygens (including phenoxy) is 1. The monoisotopic (exact) mass is 384 g/mol. The van der Waals surface area contributed by atoms with Crippen LogP contribution in [0.2, 0.25) is 5.02 Å². The SMILES string of the molecule is COc1ccc(Cl)cc1NCCC(=O)Nc1ccnn1Cc1ccccc1. The molecule has 0 unspecified atom stereocenters. The summed E-state index contributed by atoms with van der Waals surface area (Å²) in [5.74, 6) is 1.25. The molecule has 27 heavy (non-hydrogen) atoms. The maximum atomic E-state index is 12.3. The van der Waals surface area contributed by atoms with E-state index in [-0.39, 0.29) is 5.91 Å². The molecule has 2 N–H and O–H groups in total. The van der Waals surface area contributed by atoms with Crippen molar-refractivity contribution in [2.75, 3.05) is 24.3 Å². The number of hydrogen-bond donors (Lipinski definition) is 2. The third kappa shape index (κ3) is 5.24. The number of anilines is 2. The predicted molar refractivity (Wildman–Crippen MR) is 108 cm³/mol. The summed E-state index contributed by atoms with van der Waals surface area (Å²) in [5, 5.41) is 11.0. The van der Waals surface area contributed by atoms with E-state index in [1.807, 2.05) is 30.3 Å². The lowest BCUT2D eigenvalue weighted by atomic mass is 10.2. The van der Waals surface area contributed by atoms with E-state index in [1.54, 1.807) is 42.3 Å². The number of methoxy groups -OCH3 is 1. The topological polar surface area (TPSA) is 68.2 Å².